The SMILES string of the molecule is CCOCC(Oc1ccc(Br)cc1C1CC1)C(=O)[O-].[Na+]. The molecular formula is C14H16BrNaO4. The van der Waals surface area contributed by atoms with E-state index in [0.29, 0.717) is 18.3 Å². The average molecular weight is 351 g/mol. The van der Waals surface area contributed by atoms with Gasteiger partial charge in [-0.1, -0.05) is 15.9 Å². The van der Waals surface area contributed by atoms with E-state index in [4.69, 9.17) is 9.47 Å². The molecule has 1 aromatic carbocycles. The van der Waals surface area contributed by atoms with Gasteiger partial charge in [-0.15, -0.1) is 0 Å². The first-order valence-corrected chi connectivity index (χ1v) is 7.15. The van der Waals surface area contributed by atoms with Crippen LogP contribution in [0.2, 0.25) is 0 Å². The minimum Gasteiger partial charge on any atom is -0.546 e. The van der Waals surface area contributed by atoms with E-state index in [0.717, 1.165) is 22.9 Å². The normalized spacial score (nSPS) is 15.3. The molecule has 0 heterocycles. The molecule has 4 nitrogen and oxygen atoms in total. The van der Waals surface area contributed by atoms with E-state index < -0.39 is 12.1 Å². The average Bonchev–Trinajstić information content (AvgIpc) is 3.19. The molecule has 1 aliphatic carbocycles. The summed E-state index contributed by atoms with van der Waals surface area (Å²) >= 11 is 3.42. The van der Waals surface area contributed by atoms with E-state index in [1.807, 2.05) is 19.1 Å². The molecule has 1 unspecified atom stereocenters. The molecule has 1 fully saturated rings. The Morgan fingerprint density at radius 2 is 2.20 bits per heavy atom. The molecule has 1 aromatic rings. The minimum atomic E-state index is -1.25. The van der Waals surface area contributed by atoms with Crippen molar-refractivity contribution < 1.29 is 48.9 Å². The summed E-state index contributed by atoms with van der Waals surface area (Å²) in [6.07, 6.45) is 1.17. The smallest absolute Gasteiger partial charge is 0.546 e. The van der Waals surface area contributed by atoms with Crippen LogP contribution in [0.1, 0.15) is 31.2 Å². The Hall–Kier alpha value is -0.0700. The van der Waals surface area contributed by atoms with Gasteiger partial charge in [0.2, 0.25) is 0 Å². The quantitative estimate of drug-likeness (QED) is 0.583. The predicted molar refractivity (Wildman–Crippen MR) is 72.0 cm³/mol. The number of aliphatic carboxylic acids is 1. The zero-order valence-electron chi connectivity index (χ0n) is 11.7. The van der Waals surface area contributed by atoms with Crippen LogP contribution in [0.3, 0.4) is 0 Å². The van der Waals surface area contributed by atoms with Crippen molar-refractivity contribution in [1.29, 1.82) is 0 Å². The summed E-state index contributed by atoms with van der Waals surface area (Å²) in [5.74, 6) is -0.167. The van der Waals surface area contributed by atoms with Gasteiger partial charge in [-0.25, -0.2) is 0 Å². The van der Waals surface area contributed by atoms with Crippen LogP contribution in [0.15, 0.2) is 22.7 Å². The number of halogens is 1. The van der Waals surface area contributed by atoms with Crippen molar-refractivity contribution >= 4 is 21.9 Å². The molecule has 0 aliphatic heterocycles. The number of rotatable bonds is 7. The maximum absolute atomic E-state index is 11.0. The molecule has 2 rings (SSSR count). The van der Waals surface area contributed by atoms with Crippen molar-refractivity contribution in [2.24, 2.45) is 0 Å². The van der Waals surface area contributed by atoms with Crippen molar-refractivity contribution in [1.82, 2.24) is 0 Å². The third-order valence-electron chi connectivity index (χ3n) is 2.99. The minimum absolute atomic E-state index is 0. The van der Waals surface area contributed by atoms with Crippen LogP contribution in [0.25, 0.3) is 0 Å². The second-order valence-electron chi connectivity index (χ2n) is 4.54. The third kappa shape index (κ3) is 5.04. The largest absolute Gasteiger partial charge is 1.00 e. The number of benzene rings is 1. The number of ether oxygens (including phenoxy) is 2. The monoisotopic (exact) mass is 350 g/mol. The molecule has 0 spiro atoms. The Morgan fingerprint density at radius 1 is 1.50 bits per heavy atom. The number of carbonyl (C=O) groups excluding carboxylic acids is 1. The molecule has 0 bridgehead atoms. The standard InChI is InChI=1S/C14H17BrO4.Na/c1-2-18-8-13(14(16)17)19-12-6-5-10(15)7-11(12)9-3-4-9;/h5-7,9,13H,2-4,8H2,1H3,(H,16,17);/q;+1/p-1. The fourth-order valence-corrected chi connectivity index (χ4v) is 2.25. The summed E-state index contributed by atoms with van der Waals surface area (Å²) in [7, 11) is 0. The van der Waals surface area contributed by atoms with Gasteiger partial charge in [-0.05, 0) is 49.4 Å². The maximum atomic E-state index is 11.0. The molecule has 1 atom stereocenters. The second kappa shape index (κ2) is 8.39. The summed E-state index contributed by atoms with van der Waals surface area (Å²) in [6.45, 7) is 2.25. The topological polar surface area (TPSA) is 58.6 Å². The zero-order chi connectivity index (χ0) is 13.8. The van der Waals surface area contributed by atoms with Crippen molar-refractivity contribution in [2.75, 3.05) is 13.2 Å². The molecule has 1 aliphatic rings. The second-order valence-corrected chi connectivity index (χ2v) is 5.46. The van der Waals surface area contributed by atoms with Crippen molar-refractivity contribution in [2.45, 2.75) is 31.8 Å². The van der Waals surface area contributed by atoms with Gasteiger partial charge in [0, 0.05) is 11.1 Å². The summed E-state index contributed by atoms with van der Waals surface area (Å²) in [5.41, 5.74) is 1.05. The van der Waals surface area contributed by atoms with Crippen LogP contribution >= 0.6 is 15.9 Å². The van der Waals surface area contributed by atoms with Crippen LogP contribution in [0, 0.1) is 0 Å². The van der Waals surface area contributed by atoms with Crippen LogP contribution in [0.5, 0.6) is 5.75 Å². The zero-order valence-corrected chi connectivity index (χ0v) is 15.3. The summed E-state index contributed by atoms with van der Waals surface area (Å²) in [5, 5.41) is 11.0. The van der Waals surface area contributed by atoms with E-state index in [-0.39, 0.29) is 36.2 Å². The van der Waals surface area contributed by atoms with Gasteiger partial charge in [0.1, 0.15) is 5.75 Å². The number of carboxylic acids is 1. The van der Waals surface area contributed by atoms with Crippen LogP contribution < -0.4 is 39.4 Å². The van der Waals surface area contributed by atoms with E-state index >= 15 is 0 Å². The van der Waals surface area contributed by atoms with Gasteiger partial charge in [0.05, 0.1) is 12.6 Å². The van der Waals surface area contributed by atoms with Gasteiger partial charge in [0.15, 0.2) is 6.10 Å². The van der Waals surface area contributed by atoms with Gasteiger partial charge in [-0.3, -0.25) is 0 Å². The van der Waals surface area contributed by atoms with Crippen LogP contribution in [0.4, 0.5) is 0 Å². The van der Waals surface area contributed by atoms with E-state index in [1.165, 1.54) is 0 Å². The summed E-state index contributed by atoms with van der Waals surface area (Å²) < 4.78 is 11.6. The van der Waals surface area contributed by atoms with E-state index in [9.17, 15) is 9.90 Å². The molecule has 0 radical (unpaired) electrons. The van der Waals surface area contributed by atoms with Crippen molar-refractivity contribution in [3.63, 3.8) is 0 Å². The van der Waals surface area contributed by atoms with Gasteiger partial charge in [-0.2, -0.15) is 0 Å². The number of carboxylic acid groups (broad SMARTS) is 1. The Kier molecular flexibility index (Phi) is 7.54. The predicted octanol–water partition coefficient (Wildman–Crippen LogP) is -1.14. The Balaban J connectivity index is 0.00000200. The molecule has 20 heavy (non-hydrogen) atoms. The molecule has 0 aromatic heterocycles. The Labute approximate surface area is 149 Å². The van der Waals surface area contributed by atoms with Gasteiger partial charge in [0.25, 0.3) is 0 Å². The molecule has 0 N–H and O–H groups in total. The Morgan fingerprint density at radius 3 is 2.75 bits per heavy atom. The van der Waals surface area contributed by atoms with E-state index in [2.05, 4.69) is 15.9 Å². The first-order valence-electron chi connectivity index (χ1n) is 6.36. The van der Waals surface area contributed by atoms with Gasteiger partial charge < -0.3 is 19.4 Å². The Bertz CT molecular complexity index is 462. The molecular weight excluding hydrogens is 335 g/mol. The van der Waals surface area contributed by atoms with E-state index in [1.54, 1.807) is 6.07 Å². The summed E-state index contributed by atoms with van der Waals surface area (Å²) in [6, 6.07) is 5.62. The van der Waals surface area contributed by atoms with Crippen LogP contribution in [-0.2, 0) is 9.53 Å². The fourth-order valence-electron chi connectivity index (χ4n) is 1.87. The molecule has 104 valence electrons. The van der Waals surface area contributed by atoms with Crippen molar-refractivity contribution in [3.05, 3.63) is 28.2 Å². The first kappa shape index (κ1) is 18.0. The number of hydrogen-bond acceptors (Lipinski definition) is 4. The molecule has 1 saturated carbocycles. The third-order valence-corrected chi connectivity index (χ3v) is 3.49. The molecule has 0 saturated heterocycles. The van der Waals surface area contributed by atoms with Gasteiger partial charge >= 0.3 is 29.6 Å². The number of hydrogen-bond donors (Lipinski definition) is 0. The maximum Gasteiger partial charge on any atom is 1.00 e. The molecule has 0 amide bonds. The fraction of sp³-hybridized carbons (Fsp3) is 0.500. The first-order chi connectivity index (χ1) is 9.11. The van der Waals surface area contributed by atoms with Crippen LogP contribution in [-0.4, -0.2) is 25.3 Å². The number of carbonyl (C=O) groups is 1. The summed E-state index contributed by atoms with van der Waals surface area (Å²) in [4.78, 5) is 11.0. The van der Waals surface area contributed by atoms with Crippen molar-refractivity contribution in [3.8, 4) is 5.75 Å². The molecule has 6 heteroatoms.